The summed E-state index contributed by atoms with van der Waals surface area (Å²) in [6, 6.07) is 0. The number of ether oxygens (including phenoxy) is 1. The van der Waals surface area contributed by atoms with Gasteiger partial charge in [0.2, 0.25) is 0 Å². The normalized spacial score (nSPS) is 13.1. The first-order chi connectivity index (χ1) is 6.70. The minimum absolute atomic E-state index is 0.331. The van der Waals surface area contributed by atoms with Crippen LogP contribution in [0, 0.1) is 0 Å². The molecule has 0 aromatic heterocycles. The van der Waals surface area contributed by atoms with Gasteiger partial charge in [-0.3, -0.25) is 0 Å². The van der Waals surface area contributed by atoms with Gasteiger partial charge in [-0.2, -0.15) is 0 Å². The second-order valence-corrected chi connectivity index (χ2v) is 3.31. The van der Waals surface area contributed by atoms with E-state index >= 15 is 0 Å². The predicted molar refractivity (Wildman–Crippen MR) is 55.9 cm³/mol. The molecule has 0 aromatic rings. The summed E-state index contributed by atoms with van der Waals surface area (Å²) in [5.41, 5.74) is 0. The number of unbranched alkanes of at least 4 members (excludes halogenated alkanes) is 2. The van der Waals surface area contributed by atoms with Crippen molar-refractivity contribution in [2.45, 2.75) is 45.1 Å². The smallest absolute Gasteiger partial charge is 0.330 e. The minimum atomic E-state index is -0.370. The van der Waals surface area contributed by atoms with Crippen molar-refractivity contribution in [3.63, 3.8) is 0 Å². The van der Waals surface area contributed by atoms with Crippen LogP contribution in [0.5, 0.6) is 0 Å². The monoisotopic (exact) mass is 200 g/mol. The van der Waals surface area contributed by atoms with Gasteiger partial charge in [0.05, 0.1) is 13.2 Å². The number of aliphatic hydroxyl groups excluding tert-OH is 1. The number of esters is 1. The molecular formula is C11H20O3. The van der Waals surface area contributed by atoms with Crippen LogP contribution in [0.25, 0.3) is 0 Å². The third kappa shape index (κ3) is 7.80. The summed E-state index contributed by atoms with van der Waals surface area (Å²) < 4.78 is 4.42. The summed E-state index contributed by atoms with van der Waals surface area (Å²) in [4.78, 5) is 10.7. The number of aliphatic hydroxyl groups is 1. The van der Waals surface area contributed by atoms with Crippen LogP contribution >= 0.6 is 0 Å². The third-order valence-electron chi connectivity index (χ3n) is 2.00. The SMILES string of the molecule is CCCCCC(O)C/C=C\C(=O)OC. The summed E-state index contributed by atoms with van der Waals surface area (Å²) in [5, 5.41) is 9.46. The number of carbonyl (C=O) groups excluding carboxylic acids is 1. The number of carbonyl (C=O) groups is 1. The Balaban J connectivity index is 3.47. The molecule has 1 atom stereocenters. The molecule has 0 radical (unpaired) electrons. The van der Waals surface area contributed by atoms with Gasteiger partial charge in [0.15, 0.2) is 0 Å². The molecule has 0 bridgehead atoms. The van der Waals surface area contributed by atoms with E-state index in [1.54, 1.807) is 6.08 Å². The standard InChI is InChI=1S/C11H20O3/c1-3-4-5-7-10(12)8-6-9-11(13)14-2/h6,9-10,12H,3-5,7-8H2,1-2H3/b9-6-. The number of methoxy groups -OCH3 is 1. The molecule has 0 heterocycles. The molecule has 3 heteroatoms. The zero-order valence-corrected chi connectivity index (χ0v) is 9.03. The highest BCUT2D eigenvalue weighted by Gasteiger charge is 2.01. The summed E-state index contributed by atoms with van der Waals surface area (Å²) in [7, 11) is 1.34. The van der Waals surface area contributed by atoms with Crippen molar-refractivity contribution >= 4 is 5.97 Å². The Morgan fingerprint density at radius 2 is 2.21 bits per heavy atom. The lowest BCUT2D eigenvalue weighted by molar-refractivity contribution is -0.134. The van der Waals surface area contributed by atoms with Gasteiger partial charge in [-0.15, -0.1) is 0 Å². The van der Waals surface area contributed by atoms with Crippen molar-refractivity contribution in [1.82, 2.24) is 0 Å². The molecule has 0 saturated heterocycles. The first-order valence-electron chi connectivity index (χ1n) is 5.13. The van der Waals surface area contributed by atoms with Crippen LogP contribution < -0.4 is 0 Å². The summed E-state index contributed by atoms with van der Waals surface area (Å²) in [6.07, 6.45) is 7.36. The fraction of sp³-hybridized carbons (Fsp3) is 0.727. The second kappa shape index (κ2) is 8.75. The van der Waals surface area contributed by atoms with E-state index < -0.39 is 0 Å². The maximum Gasteiger partial charge on any atom is 0.330 e. The molecule has 1 N–H and O–H groups in total. The molecule has 0 saturated carbocycles. The van der Waals surface area contributed by atoms with Gasteiger partial charge in [0.1, 0.15) is 0 Å². The van der Waals surface area contributed by atoms with Crippen molar-refractivity contribution < 1.29 is 14.6 Å². The van der Waals surface area contributed by atoms with Gasteiger partial charge in [-0.05, 0) is 12.8 Å². The van der Waals surface area contributed by atoms with E-state index in [9.17, 15) is 9.90 Å². The molecular weight excluding hydrogens is 180 g/mol. The maximum absolute atomic E-state index is 10.7. The Morgan fingerprint density at radius 1 is 1.50 bits per heavy atom. The molecule has 0 spiro atoms. The van der Waals surface area contributed by atoms with Crippen LogP contribution in [0.3, 0.4) is 0 Å². The van der Waals surface area contributed by atoms with Gasteiger partial charge in [0.25, 0.3) is 0 Å². The summed E-state index contributed by atoms with van der Waals surface area (Å²) >= 11 is 0. The van der Waals surface area contributed by atoms with E-state index in [2.05, 4.69) is 11.7 Å². The van der Waals surface area contributed by atoms with E-state index in [0.29, 0.717) is 6.42 Å². The molecule has 3 nitrogen and oxygen atoms in total. The molecule has 1 unspecified atom stereocenters. The van der Waals surface area contributed by atoms with Crippen LogP contribution in [0.1, 0.15) is 39.0 Å². The zero-order chi connectivity index (χ0) is 10.8. The van der Waals surface area contributed by atoms with Gasteiger partial charge in [-0.1, -0.05) is 32.3 Å². The van der Waals surface area contributed by atoms with Crippen LogP contribution in [0.4, 0.5) is 0 Å². The molecule has 0 rings (SSSR count). The van der Waals surface area contributed by atoms with Crippen molar-refractivity contribution in [2.24, 2.45) is 0 Å². The Bertz CT molecular complexity index is 175. The van der Waals surface area contributed by atoms with Crippen LogP contribution in [0.2, 0.25) is 0 Å². The van der Waals surface area contributed by atoms with Gasteiger partial charge >= 0.3 is 5.97 Å². The number of rotatable bonds is 7. The first-order valence-corrected chi connectivity index (χ1v) is 5.13. The lowest BCUT2D eigenvalue weighted by Gasteiger charge is -2.06. The van der Waals surface area contributed by atoms with Crippen molar-refractivity contribution in [3.8, 4) is 0 Å². The average molecular weight is 200 g/mol. The Kier molecular flexibility index (Phi) is 8.24. The van der Waals surface area contributed by atoms with Gasteiger partial charge in [0, 0.05) is 6.08 Å². The highest BCUT2D eigenvalue weighted by molar-refractivity contribution is 5.81. The summed E-state index contributed by atoms with van der Waals surface area (Å²) in [5.74, 6) is -0.370. The molecule has 0 aliphatic carbocycles. The summed E-state index contributed by atoms with van der Waals surface area (Å²) in [6.45, 7) is 2.13. The van der Waals surface area contributed by atoms with Crippen LogP contribution in [0.15, 0.2) is 12.2 Å². The second-order valence-electron chi connectivity index (χ2n) is 3.31. The minimum Gasteiger partial charge on any atom is -0.466 e. The van der Waals surface area contributed by atoms with Gasteiger partial charge < -0.3 is 9.84 Å². The Morgan fingerprint density at radius 3 is 2.79 bits per heavy atom. The van der Waals surface area contributed by atoms with Gasteiger partial charge in [-0.25, -0.2) is 4.79 Å². The van der Waals surface area contributed by atoms with Crippen LogP contribution in [-0.4, -0.2) is 24.3 Å². The topological polar surface area (TPSA) is 46.5 Å². The molecule has 0 amide bonds. The number of hydrogen-bond donors (Lipinski definition) is 1. The van der Waals surface area contributed by atoms with E-state index in [0.717, 1.165) is 25.7 Å². The molecule has 0 aromatic carbocycles. The fourth-order valence-corrected chi connectivity index (χ4v) is 1.14. The molecule has 0 aliphatic heterocycles. The Labute approximate surface area is 85.8 Å². The zero-order valence-electron chi connectivity index (χ0n) is 9.03. The first kappa shape index (κ1) is 13.2. The van der Waals surface area contributed by atoms with E-state index in [-0.39, 0.29) is 12.1 Å². The predicted octanol–water partition coefficient (Wildman–Crippen LogP) is 2.05. The van der Waals surface area contributed by atoms with E-state index in [1.165, 1.54) is 13.2 Å². The van der Waals surface area contributed by atoms with Crippen LogP contribution in [-0.2, 0) is 9.53 Å². The Hall–Kier alpha value is -0.830. The molecule has 0 aliphatic rings. The molecule has 0 fully saturated rings. The van der Waals surface area contributed by atoms with Crippen molar-refractivity contribution in [3.05, 3.63) is 12.2 Å². The highest BCUT2D eigenvalue weighted by atomic mass is 16.5. The van der Waals surface area contributed by atoms with E-state index in [4.69, 9.17) is 0 Å². The van der Waals surface area contributed by atoms with Crippen molar-refractivity contribution in [1.29, 1.82) is 0 Å². The van der Waals surface area contributed by atoms with E-state index in [1.807, 2.05) is 0 Å². The lowest BCUT2D eigenvalue weighted by atomic mass is 10.1. The molecule has 14 heavy (non-hydrogen) atoms. The largest absolute Gasteiger partial charge is 0.466 e. The maximum atomic E-state index is 10.7. The highest BCUT2D eigenvalue weighted by Crippen LogP contribution is 2.06. The fourth-order valence-electron chi connectivity index (χ4n) is 1.14. The quantitative estimate of drug-likeness (QED) is 0.388. The number of hydrogen-bond acceptors (Lipinski definition) is 3. The third-order valence-corrected chi connectivity index (χ3v) is 2.00. The average Bonchev–Trinajstić information content (AvgIpc) is 2.18. The lowest BCUT2D eigenvalue weighted by Crippen LogP contribution is -2.04. The molecule has 82 valence electrons. The van der Waals surface area contributed by atoms with Crippen molar-refractivity contribution in [2.75, 3.05) is 7.11 Å².